The number of carbonyl (C=O) groups is 1. The number of likely N-dealkylation sites (tertiary alicyclic amines) is 1. The van der Waals surface area contributed by atoms with Gasteiger partial charge in [0.1, 0.15) is 0 Å². The number of piperazine rings is 1. The van der Waals surface area contributed by atoms with E-state index >= 15 is 0 Å². The number of rotatable bonds is 3. The van der Waals surface area contributed by atoms with Crippen molar-refractivity contribution in [3.63, 3.8) is 0 Å². The van der Waals surface area contributed by atoms with Crippen LogP contribution >= 0.6 is 0 Å². The topological polar surface area (TPSA) is 65.5 Å². The molecule has 2 aliphatic rings. The SMILES string of the molecule is CN1CCN(c2ncc(-c3cccnc3)c(C3CCCN(C(=O)C(C)(C)C)C3)n2)CC1. The molecule has 2 aliphatic heterocycles. The van der Waals surface area contributed by atoms with Gasteiger partial charge < -0.3 is 14.7 Å². The van der Waals surface area contributed by atoms with Gasteiger partial charge in [0.2, 0.25) is 11.9 Å². The lowest BCUT2D eigenvalue weighted by Crippen LogP contribution is -2.46. The minimum atomic E-state index is -0.370. The Kier molecular flexibility index (Phi) is 6.23. The Labute approximate surface area is 185 Å². The summed E-state index contributed by atoms with van der Waals surface area (Å²) in [7, 11) is 2.15. The van der Waals surface area contributed by atoms with Crippen molar-refractivity contribution in [1.29, 1.82) is 0 Å². The highest BCUT2D eigenvalue weighted by Gasteiger charge is 2.33. The van der Waals surface area contributed by atoms with Crippen molar-refractivity contribution in [2.24, 2.45) is 5.41 Å². The van der Waals surface area contributed by atoms with Crippen molar-refractivity contribution >= 4 is 11.9 Å². The van der Waals surface area contributed by atoms with Crippen molar-refractivity contribution in [1.82, 2.24) is 24.8 Å². The average molecular weight is 423 g/mol. The van der Waals surface area contributed by atoms with Gasteiger partial charge in [-0.05, 0) is 26.0 Å². The Morgan fingerprint density at radius 1 is 1.10 bits per heavy atom. The second kappa shape index (κ2) is 8.91. The zero-order valence-electron chi connectivity index (χ0n) is 19.2. The number of hydrogen-bond acceptors (Lipinski definition) is 6. The van der Waals surface area contributed by atoms with Crippen LogP contribution in [0.1, 0.15) is 45.2 Å². The zero-order chi connectivity index (χ0) is 22.0. The molecule has 7 nitrogen and oxygen atoms in total. The van der Waals surface area contributed by atoms with Crippen LogP contribution in [0.2, 0.25) is 0 Å². The molecule has 0 aliphatic carbocycles. The fourth-order valence-corrected chi connectivity index (χ4v) is 4.46. The summed E-state index contributed by atoms with van der Waals surface area (Å²) in [4.78, 5) is 33.8. The minimum Gasteiger partial charge on any atom is -0.342 e. The Morgan fingerprint density at radius 3 is 2.55 bits per heavy atom. The first-order valence-electron chi connectivity index (χ1n) is 11.3. The third-order valence-corrected chi connectivity index (χ3v) is 6.30. The van der Waals surface area contributed by atoms with Crippen molar-refractivity contribution in [3.8, 4) is 11.1 Å². The Hall–Kier alpha value is -2.54. The number of amides is 1. The van der Waals surface area contributed by atoms with Crippen LogP contribution in [0.5, 0.6) is 0 Å². The fraction of sp³-hybridized carbons (Fsp3) is 0.583. The van der Waals surface area contributed by atoms with E-state index in [9.17, 15) is 4.79 Å². The Morgan fingerprint density at radius 2 is 1.87 bits per heavy atom. The second-order valence-corrected chi connectivity index (χ2v) is 9.84. The van der Waals surface area contributed by atoms with E-state index in [1.165, 1.54) is 0 Å². The van der Waals surface area contributed by atoms with Crippen molar-refractivity contribution in [2.75, 3.05) is 51.2 Å². The van der Waals surface area contributed by atoms with Crippen LogP contribution in [0.4, 0.5) is 5.95 Å². The summed E-state index contributed by atoms with van der Waals surface area (Å²) in [6.07, 6.45) is 7.64. The summed E-state index contributed by atoms with van der Waals surface area (Å²) < 4.78 is 0. The number of pyridine rings is 1. The predicted octanol–water partition coefficient (Wildman–Crippen LogP) is 3.04. The van der Waals surface area contributed by atoms with E-state index in [0.29, 0.717) is 6.54 Å². The van der Waals surface area contributed by atoms with Gasteiger partial charge in [-0.2, -0.15) is 0 Å². The van der Waals surface area contributed by atoms with Gasteiger partial charge in [0, 0.05) is 80.3 Å². The highest BCUT2D eigenvalue weighted by atomic mass is 16.2. The molecule has 2 saturated heterocycles. The third-order valence-electron chi connectivity index (χ3n) is 6.30. The first-order chi connectivity index (χ1) is 14.8. The molecule has 2 fully saturated rings. The van der Waals surface area contributed by atoms with E-state index in [4.69, 9.17) is 9.97 Å². The normalized spacial score (nSPS) is 20.7. The highest BCUT2D eigenvalue weighted by Crippen LogP contribution is 2.35. The van der Waals surface area contributed by atoms with Gasteiger partial charge in [-0.3, -0.25) is 9.78 Å². The molecule has 0 N–H and O–H groups in total. The van der Waals surface area contributed by atoms with Gasteiger partial charge >= 0.3 is 0 Å². The van der Waals surface area contributed by atoms with Gasteiger partial charge in [0.15, 0.2) is 0 Å². The van der Waals surface area contributed by atoms with E-state index in [2.05, 4.69) is 27.9 Å². The molecule has 0 spiro atoms. The van der Waals surface area contributed by atoms with Crippen LogP contribution in [-0.4, -0.2) is 77.0 Å². The largest absolute Gasteiger partial charge is 0.342 e. The maximum Gasteiger partial charge on any atom is 0.227 e. The van der Waals surface area contributed by atoms with E-state index < -0.39 is 0 Å². The van der Waals surface area contributed by atoms with Gasteiger partial charge in [-0.15, -0.1) is 0 Å². The summed E-state index contributed by atoms with van der Waals surface area (Å²) in [6, 6.07) is 4.01. The lowest BCUT2D eigenvalue weighted by Gasteiger charge is -2.37. The molecule has 0 aromatic carbocycles. The number of nitrogens with zero attached hydrogens (tertiary/aromatic N) is 6. The van der Waals surface area contributed by atoms with Gasteiger partial charge in [0.05, 0.1) is 5.69 Å². The van der Waals surface area contributed by atoms with Gasteiger partial charge in [-0.25, -0.2) is 9.97 Å². The van der Waals surface area contributed by atoms with E-state index in [-0.39, 0.29) is 17.2 Å². The molecule has 2 aromatic heterocycles. The maximum atomic E-state index is 13.0. The monoisotopic (exact) mass is 422 g/mol. The summed E-state index contributed by atoms with van der Waals surface area (Å²) in [6.45, 7) is 11.4. The fourth-order valence-electron chi connectivity index (χ4n) is 4.46. The van der Waals surface area contributed by atoms with Gasteiger partial charge in [0.25, 0.3) is 0 Å². The van der Waals surface area contributed by atoms with Crippen LogP contribution in [0.3, 0.4) is 0 Å². The average Bonchev–Trinajstić information content (AvgIpc) is 2.79. The summed E-state index contributed by atoms with van der Waals surface area (Å²) in [5, 5.41) is 0. The molecule has 2 aromatic rings. The molecular weight excluding hydrogens is 388 g/mol. The summed E-state index contributed by atoms with van der Waals surface area (Å²) in [5.41, 5.74) is 2.73. The van der Waals surface area contributed by atoms with Crippen LogP contribution in [0.25, 0.3) is 11.1 Å². The van der Waals surface area contributed by atoms with Crippen molar-refractivity contribution < 1.29 is 4.79 Å². The number of anilines is 1. The number of piperidine rings is 1. The second-order valence-electron chi connectivity index (χ2n) is 9.84. The Bertz CT molecular complexity index is 902. The molecule has 4 rings (SSSR count). The summed E-state index contributed by atoms with van der Waals surface area (Å²) >= 11 is 0. The highest BCUT2D eigenvalue weighted by molar-refractivity contribution is 5.81. The summed E-state index contributed by atoms with van der Waals surface area (Å²) in [5.74, 6) is 1.22. The molecule has 4 heterocycles. The molecule has 31 heavy (non-hydrogen) atoms. The minimum absolute atomic E-state index is 0.199. The standard InChI is InChI=1S/C24H34N6O/c1-24(2,3)22(31)30-10-6-8-19(17-30)21-20(18-7-5-9-25-15-18)16-26-23(27-21)29-13-11-28(4)12-14-29/h5,7,9,15-16,19H,6,8,10-14,17H2,1-4H3. The molecule has 1 unspecified atom stereocenters. The van der Waals surface area contributed by atoms with Crippen LogP contribution in [0.15, 0.2) is 30.7 Å². The van der Waals surface area contributed by atoms with E-state index in [0.717, 1.165) is 68.3 Å². The van der Waals surface area contributed by atoms with Gasteiger partial charge in [-0.1, -0.05) is 26.8 Å². The molecule has 1 amide bonds. The molecular formula is C24H34N6O. The molecule has 0 bridgehead atoms. The first kappa shape index (κ1) is 21.7. The quantitative estimate of drug-likeness (QED) is 0.758. The lowest BCUT2D eigenvalue weighted by atomic mass is 9.88. The predicted molar refractivity (Wildman–Crippen MR) is 123 cm³/mol. The number of carbonyl (C=O) groups excluding carboxylic acids is 1. The smallest absolute Gasteiger partial charge is 0.227 e. The van der Waals surface area contributed by atoms with Crippen LogP contribution < -0.4 is 4.90 Å². The Balaban J connectivity index is 1.68. The van der Waals surface area contributed by atoms with E-state index in [1.807, 2.05) is 44.1 Å². The number of likely N-dealkylation sites (N-methyl/N-ethyl adjacent to an activating group) is 1. The lowest BCUT2D eigenvalue weighted by molar-refractivity contribution is -0.140. The van der Waals surface area contributed by atoms with Crippen LogP contribution in [0, 0.1) is 5.41 Å². The number of aromatic nitrogens is 3. The molecule has 7 heteroatoms. The van der Waals surface area contributed by atoms with Crippen LogP contribution in [-0.2, 0) is 4.79 Å². The third kappa shape index (κ3) is 4.87. The zero-order valence-corrected chi connectivity index (χ0v) is 19.2. The maximum absolute atomic E-state index is 13.0. The first-order valence-corrected chi connectivity index (χ1v) is 11.3. The molecule has 0 saturated carbocycles. The molecule has 166 valence electrons. The molecule has 0 radical (unpaired) electrons. The van der Waals surface area contributed by atoms with Crippen molar-refractivity contribution in [3.05, 3.63) is 36.4 Å². The van der Waals surface area contributed by atoms with E-state index in [1.54, 1.807) is 6.20 Å². The number of hydrogen-bond donors (Lipinski definition) is 0. The molecule has 1 atom stereocenters. The van der Waals surface area contributed by atoms with Crippen molar-refractivity contribution in [2.45, 2.75) is 39.5 Å².